The second-order valence-electron chi connectivity index (χ2n) is 5.41. The van der Waals surface area contributed by atoms with Crippen molar-refractivity contribution >= 4 is 11.6 Å². The van der Waals surface area contributed by atoms with Crippen molar-refractivity contribution in [3.8, 4) is 0 Å². The van der Waals surface area contributed by atoms with Crippen molar-refractivity contribution in [2.24, 2.45) is 5.41 Å². The molecule has 100 valence electrons. The van der Waals surface area contributed by atoms with E-state index in [1.165, 1.54) is 31.7 Å². The van der Waals surface area contributed by atoms with E-state index in [-0.39, 0.29) is 10.8 Å². The summed E-state index contributed by atoms with van der Waals surface area (Å²) in [6, 6.07) is 5.13. The Labute approximate surface area is 114 Å². The number of halogens is 2. The van der Waals surface area contributed by atoms with Crippen molar-refractivity contribution in [3.63, 3.8) is 0 Å². The predicted octanol–water partition coefficient (Wildman–Crippen LogP) is 4.19. The van der Waals surface area contributed by atoms with E-state index in [0.29, 0.717) is 5.41 Å². The molecular formula is C15H21ClFN. The number of nitrogens with one attached hydrogen (secondary N) is 1. The van der Waals surface area contributed by atoms with Gasteiger partial charge >= 0.3 is 0 Å². The molecule has 0 aliphatic heterocycles. The van der Waals surface area contributed by atoms with Gasteiger partial charge in [0.05, 0.1) is 5.02 Å². The van der Waals surface area contributed by atoms with Crippen molar-refractivity contribution in [2.45, 2.75) is 39.0 Å². The molecule has 0 saturated heterocycles. The molecule has 1 aliphatic rings. The van der Waals surface area contributed by atoms with Gasteiger partial charge in [0.15, 0.2) is 0 Å². The molecule has 0 unspecified atom stereocenters. The summed E-state index contributed by atoms with van der Waals surface area (Å²) < 4.78 is 13.2. The Morgan fingerprint density at radius 2 is 2.06 bits per heavy atom. The zero-order valence-electron chi connectivity index (χ0n) is 10.9. The molecule has 18 heavy (non-hydrogen) atoms. The van der Waals surface area contributed by atoms with Crippen LogP contribution in [0.15, 0.2) is 18.2 Å². The van der Waals surface area contributed by atoms with Gasteiger partial charge in [-0.1, -0.05) is 37.4 Å². The fraction of sp³-hybridized carbons (Fsp3) is 0.600. The third-order valence-corrected chi connectivity index (χ3v) is 4.27. The van der Waals surface area contributed by atoms with E-state index in [2.05, 4.69) is 12.2 Å². The first-order valence-corrected chi connectivity index (χ1v) is 7.18. The van der Waals surface area contributed by atoms with E-state index in [1.807, 2.05) is 6.07 Å². The molecule has 1 aromatic rings. The van der Waals surface area contributed by atoms with Crippen LogP contribution in [0.1, 0.15) is 38.2 Å². The van der Waals surface area contributed by atoms with Crippen molar-refractivity contribution < 1.29 is 4.39 Å². The predicted molar refractivity (Wildman–Crippen MR) is 74.6 cm³/mol. The van der Waals surface area contributed by atoms with Crippen molar-refractivity contribution in [2.75, 3.05) is 13.1 Å². The van der Waals surface area contributed by atoms with Gasteiger partial charge in [-0.05, 0) is 48.9 Å². The van der Waals surface area contributed by atoms with Gasteiger partial charge in [0.2, 0.25) is 0 Å². The first kappa shape index (κ1) is 13.8. The summed E-state index contributed by atoms with van der Waals surface area (Å²) in [6.07, 6.45) is 6.13. The van der Waals surface area contributed by atoms with Crippen LogP contribution in [0.3, 0.4) is 0 Å². The highest BCUT2D eigenvalue weighted by molar-refractivity contribution is 6.30. The van der Waals surface area contributed by atoms with Gasteiger partial charge in [-0.25, -0.2) is 4.39 Å². The molecule has 1 N–H and O–H groups in total. The monoisotopic (exact) mass is 269 g/mol. The molecule has 0 radical (unpaired) electrons. The molecule has 0 aromatic heterocycles. The highest BCUT2D eigenvalue weighted by Gasteiger charge is 2.33. The highest BCUT2D eigenvalue weighted by Crippen LogP contribution is 2.40. The third kappa shape index (κ3) is 3.24. The number of benzene rings is 1. The Balaban J connectivity index is 2.10. The van der Waals surface area contributed by atoms with Crippen LogP contribution in [0.4, 0.5) is 4.39 Å². The zero-order chi connectivity index (χ0) is 13.0. The van der Waals surface area contributed by atoms with E-state index in [0.717, 1.165) is 25.1 Å². The molecule has 1 saturated carbocycles. The van der Waals surface area contributed by atoms with E-state index in [4.69, 9.17) is 11.6 Å². The maximum atomic E-state index is 13.2. The summed E-state index contributed by atoms with van der Waals surface area (Å²) >= 11 is 5.86. The Hall–Kier alpha value is -0.600. The largest absolute Gasteiger partial charge is 0.316 e. The zero-order valence-corrected chi connectivity index (χ0v) is 11.7. The Morgan fingerprint density at radius 1 is 1.33 bits per heavy atom. The minimum absolute atomic E-state index is 0.240. The number of hydrogen-bond acceptors (Lipinski definition) is 1. The van der Waals surface area contributed by atoms with Crippen LogP contribution in [-0.2, 0) is 6.42 Å². The van der Waals surface area contributed by atoms with Crippen molar-refractivity contribution in [3.05, 3.63) is 34.6 Å². The minimum atomic E-state index is -0.326. The van der Waals surface area contributed by atoms with Crippen molar-refractivity contribution in [1.29, 1.82) is 0 Å². The van der Waals surface area contributed by atoms with Crippen LogP contribution in [-0.4, -0.2) is 13.1 Å². The van der Waals surface area contributed by atoms with Gasteiger partial charge in [-0.15, -0.1) is 0 Å². The molecule has 1 aliphatic carbocycles. The van der Waals surface area contributed by atoms with Crippen LogP contribution < -0.4 is 5.32 Å². The summed E-state index contributed by atoms with van der Waals surface area (Å²) in [4.78, 5) is 0. The van der Waals surface area contributed by atoms with Crippen LogP contribution in [0.25, 0.3) is 0 Å². The van der Waals surface area contributed by atoms with Gasteiger partial charge in [0, 0.05) is 6.54 Å². The van der Waals surface area contributed by atoms with E-state index >= 15 is 0 Å². The van der Waals surface area contributed by atoms with Gasteiger partial charge < -0.3 is 5.32 Å². The van der Waals surface area contributed by atoms with Crippen LogP contribution in [0.2, 0.25) is 5.02 Å². The second-order valence-corrected chi connectivity index (χ2v) is 5.82. The molecule has 1 nitrogen and oxygen atoms in total. The molecule has 0 spiro atoms. The fourth-order valence-electron chi connectivity index (χ4n) is 3.01. The fourth-order valence-corrected chi connectivity index (χ4v) is 3.22. The van der Waals surface area contributed by atoms with Gasteiger partial charge in [0.1, 0.15) is 5.82 Å². The molecule has 0 heterocycles. The van der Waals surface area contributed by atoms with Gasteiger partial charge in [-0.2, -0.15) is 0 Å². The average molecular weight is 270 g/mol. The van der Waals surface area contributed by atoms with Crippen LogP contribution in [0, 0.1) is 11.2 Å². The topological polar surface area (TPSA) is 12.0 Å². The second kappa shape index (κ2) is 6.03. The first-order chi connectivity index (χ1) is 8.65. The molecule has 0 atom stereocenters. The lowest BCUT2D eigenvalue weighted by atomic mass is 9.80. The average Bonchev–Trinajstić information content (AvgIpc) is 2.80. The minimum Gasteiger partial charge on any atom is -0.316 e. The lowest BCUT2D eigenvalue weighted by Gasteiger charge is -2.29. The summed E-state index contributed by atoms with van der Waals surface area (Å²) in [7, 11) is 0. The summed E-state index contributed by atoms with van der Waals surface area (Å²) in [5.74, 6) is -0.326. The molecule has 3 heteroatoms. The SMILES string of the molecule is CCNCC1(Cc2ccc(F)c(Cl)c2)CCCC1. The summed E-state index contributed by atoms with van der Waals surface area (Å²) in [5.41, 5.74) is 1.50. The lowest BCUT2D eigenvalue weighted by molar-refractivity contribution is 0.280. The molecule has 2 rings (SSSR count). The number of rotatable bonds is 5. The normalized spacial score (nSPS) is 18.2. The molecule has 0 bridgehead atoms. The Bertz CT molecular complexity index is 399. The maximum absolute atomic E-state index is 13.2. The Morgan fingerprint density at radius 3 is 2.67 bits per heavy atom. The van der Waals surface area contributed by atoms with Gasteiger partial charge in [-0.3, -0.25) is 0 Å². The standard InChI is InChI=1S/C15H21ClFN/c1-2-18-11-15(7-3-4-8-15)10-12-5-6-14(17)13(16)9-12/h5-6,9,18H,2-4,7-8,10-11H2,1H3. The first-order valence-electron chi connectivity index (χ1n) is 6.80. The van der Waals surface area contributed by atoms with Crippen molar-refractivity contribution in [1.82, 2.24) is 5.32 Å². The quantitative estimate of drug-likeness (QED) is 0.845. The van der Waals surface area contributed by atoms with Crippen LogP contribution >= 0.6 is 11.6 Å². The van der Waals surface area contributed by atoms with E-state index < -0.39 is 0 Å². The molecular weight excluding hydrogens is 249 g/mol. The van der Waals surface area contributed by atoms with E-state index in [9.17, 15) is 4.39 Å². The maximum Gasteiger partial charge on any atom is 0.141 e. The third-order valence-electron chi connectivity index (χ3n) is 3.98. The van der Waals surface area contributed by atoms with E-state index in [1.54, 1.807) is 6.07 Å². The summed E-state index contributed by atoms with van der Waals surface area (Å²) in [6.45, 7) is 4.20. The smallest absolute Gasteiger partial charge is 0.141 e. The number of hydrogen-bond donors (Lipinski definition) is 1. The Kier molecular flexibility index (Phi) is 4.63. The highest BCUT2D eigenvalue weighted by atomic mass is 35.5. The lowest BCUT2D eigenvalue weighted by Crippen LogP contribution is -2.33. The van der Waals surface area contributed by atoms with Crippen LogP contribution in [0.5, 0.6) is 0 Å². The molecule has 0 amide bonds. The molecule has 1 aromatic carbocycles. The van der Waals surface area contributed by atoms with Gasteiger partial charge in [0.25, 0.3) is 0 Å². The summed E-state index contributed by atoms with van der Waals surface area (Å²) in [5, 5.41) is 3.71. The molecule has 1 fully saturated rings.